The maximum atomic E-state index is 14.0. The predicted molar refractivity (Wildman–Crippen MR) is 130 cm³/mol. The van der Waals surface area contributed by atoms with Crippen LogP contribution >= 0.6 is 0 Å². The lowest BCUT2D eigenvalue weighted by molar-refractivity contribution is 0.0869. The van der Waals surface area contributed by atoms with E-state index < -0.39 is 5.82 Å². The summed E-state index contributed by atoms with van der Waals surface area (Å²) in [6.45, 7) is 8.24. The summed E-state index contributed by atoms with van der Waals surface area (Å²) in [4.78, 5) is 25.2. The second-order valence-electron chi connectivity index (χ2n) is 9.44. The van der Waals surface area contributed by atoms with Crippen molar-refractivity contribution in [1.82, 2.24) is 34.4 Å². The number of nitrogens with zero attached hydrogens (tertiary/aromatic N) is 7. The number of fused-ring (bicyclic) bond motifs is 4. The molecule has 7 heterocycles. The topological polar surface area (TPSA) is 81.9 Å². The number of piperidine rings is 3. The molecule has 3 saturated heterocycles. The first-order chi connectivity index (χ1) is 17.1. The van der Waals surface area contributed by atoms with E-state index >= 15 is 0 Å². The van der Waals surface area contributed by atoms with Gasteiger partial charge in [0, 0.05) is 30.4 Å². The molecule has 8 nitrogen and oxygen atoms in total. The average Bonchev–Trinajstić information content (AvgIpc) is 3.24. The Kier molecular flexibility index (Phi) is 5.64. The van der Waals surface area contributed by atoms with Gasteiger partial charge in [-0.1, -0.05) is 6.07 Å². The number of rotatable bonds is 6. The van der Waals surface area contributed by atoms with E-state index in [1.165, 1.54) is 43.8 Å². The second kappa shape index (κ2) is 8.96. The van der Waals surface area contributed by atoms with Crippen LogP contribution in [0.3, 0.4) is 0 Å². The highest BCUT2D eigenvalue weighted by molar-refractivity contribution is 5.79. The number of pyridine rings is 2. The van der Waals surface area contributed by atoms with E-state index in [1.54, 1.807) is 6.20 Å². The Balaban J connectivity index is 1.39. The van der Waals surface area contributed by atoms with E-state index in [2.05, 4.69) is 32.0 Å². The molecule has 4 aromatic heterocycles. The Hall–Kier alpha value is -3.46. The van der Waals surface area contributed by atoms with E-state index in [9.17, 15) is 4.39 Å². The molecule has 0 radical (unpaired) electrons. The first-order valence-electron chi connectivity index (χ1n) is 12.2. The molecule has 1 unspecified atom stereocenters. The maximum Gasteiger partial charge on any atom is 0.318 e. The summed E-state index contributed by atoms with van der Waals surface area (Å²) in [5.74, 6) is 1.47. The lowest BCUT2D eigenvalue weighted by Crippen LogP contribution is -2.46. The zero-order valence-electron chi connectivity index (χ0n) is 20.0. The Morgan fingerprint density at radius 3 is 2.63 bits per heavy atom. The number of aryl methyl sites for hydroxylation is 1. The predicted octanol–water partition coefficient (Wildman–Crippen LogP) is 3.99. The van der Waals surface area contributed by atoms with E-state index in [0.29, 0.717) is 53.3 Å². The van der Waals surface area contributed by atoms with Gasteiger partial charge in [-0.2, -0.15) is 9.97 Å². The van der Waals surface area contributed by atoms with Crippen LogP contribution in [0.15, 0.2) is 36.8 Å². The van der Waals surface area contributed by atoms with Crippen LogP contribution < -0.4 is 4.74 Å². The van der Waals surface area contributed by atoms with Crippen molar-refractivity contribution in [3.8, 4) is 17.4 Å². The zero-order chi connectivity index (χ0) is 23.9. The van der Waals surface area contributed by atoms with Gasteiger partial charge in [0.05, 0.1) is 30.7 Å². The monoisotopic (exact) mass is 473 g/mol. The molecule has 4 aromatic rings. The fourth-order valence-electron chi connectivity index (χ4n) is 5.46. The Bertz CT molecular complexity index is 1360. The average molecular weight is 474 g/mol. The molecule has 3 aliphatic rings. The number of ether oxygens (including phenoxy) is 1. The van der Waals surface area contributed by atoms with Crippen molar-refractivity contribution in [2.75, 3.05) is 26.2 Å². The number of imidazole rings is 1. The molecular weight excluding hydrogens is 445 g/mol. The van der Waals surface area contributed by atoms with Gasteiger partial charge in [-0.05, 0) is 63.4 Å². The van der Waals surface area contributed by atoms with Gasteiger partial charge in [0.1, 0.15) is 17.2 Å². The van der Waals surface area contributed by atoms with Gasteiger partial charge in [-0.25, -0.2) is 9.37 Å². The highest BCUT2D eigenvalue weighted by Crippen LogP contribution is 2.38. The molecule has 0 aromatic carbocycles. The van der Waals surface area contributed by atoms with Crippen molar-refractivity contribution < 1.29 is 9.13 Å². The van der Waals surface area contributed by atoms with Gasteiger partial charge in [-0.3, -0.25) is 9.97 Å². The van der Waals surface area contributed by atoms with Crippen molar-refractivity contribution in [2.45, 2.75) is 39.2 Å². The molecule has 9 heteroatoms. The molecule has 0 saturated carbocycles. The molecule has 180 valence electrons. The fraction of sp³-hybridized carbons (Fsp3) is 0.423. The summed E-state index contributed by atoms with van der Waals surface area (Å²) < 4.78 is 21.6. The summed E-state index contributed by atoms with van der Waals surface area (Å²) in [5, 5.41) is 0. The fourth-order valence-corrected chi connectivity index (χ4v) is 5.46. The van der Waals surface area contributed by atoms with E-state index in [0.717, 1.165) is 18.2 Å². The summed E-state index contributed by atoms with van der Waals surface area (Å²) in [6, 6.07) is 6.03. The van der Waals surface area contributed by atoms with Gasteiger partial charge in [-0.15, -0.1) is 0 Å². The van der Waals surface area contributed by atoms with Gasteiger partial charge in [0.2, 0.25) is 0 Å². The number of hydrogen-bond acceptors (Lipinski definition) is 7. The molecule has 0 spiro atoms. The largest absolute Gasteiger partial charge is 0.464 e. The van der Waals surface area contributed by atoms with Crippen LogP contribution in [-0.4, -0.2) is 60.6 Å². The molecule has 3 fully saturated rings. The van der Waals surface area contributed by atoms with Gasteiger partial charge < -0.3 is 14.2 Å². The number of halogens is 1. The first kappa shape index (κ1) is 22.0. The Labute approximate surface area is 203 Å². The summed E-state index contributed by atoms with van der Waals surface area (Å²) in [5.41, 5.74) is 4.75. The normalized spacial score (nSPS) is 21.5. The summed E-state index contributed by atoms with van der Waals surface area (Å²) >= 11 is 0. The van der Waals surface area contributed by atoms with Crippen molar-refractivity contribution in [2.24, 2.45) is 5.92 Å². The summed E-state index contributed by atoms with van der Waals surface area (Å²) in [7, 11) is 0. The molecule has 2 bridgehead atoms. The minimum absolute atomic E-state index is 0.299. The third kappa shape index (κ3) is 4.14. The quantitative estimate of drug-likeness (QED) is 0.419. The molecule has 7 rings (SSSR count). The Morgan fingerprint density at radius 2 is 1.94 bits per heavy atom. The van der Waals surface area contributed by atoms with Crippen LogP contribution in [0, 0.1) is 18.7 Å². The molecule has 3 aliphatic heterocycles. The van der Waals surface area contributed by atoms with Crippen molar-refractivity contribution >= 4 is 11.2 Å². The Morgan fingerprint density at radius 1 is 1.09 bits per heavy atom. The number of hydrogen-bond donors (Lipinski definition) is 0. The first-order valence-corrected chi connectivity index (χ1v) is 12.2. The van der Waals surface area contributed by atoms with E-state index in [-0.39, 0.29) is 0 Å². The molecule has 0 N–H and O–H groups in total. The maximum absolute atomic E-state index is 14.0. The third-order valence-corrected chi connectivity index (χ3v) is 7.24. The molecule has 35 heavy (non-hydrogen) atoms. The SMILES string of the molecule is CCOc1nc(C)c2nc(-c3cncc(F)c3)n(Cc3ccc(C4CN5CCC4CC5)cn3)c2n1. The van der Waals surface area contributed by atoms with Crippen LogP contribution in [0.5, 0.6) is 6.01 Å². The van der Waals surface area contributed by atoms with Gasteiger partial charge >= 0.3 is 6.01 Å². The van der Waals surface area contributed by atoms with Crippen LogP contribution in [-0.2, 0) is 6.54 Å². The van der Waals surface area contributed by atoms with Crippen molar-refractivity contribution in [3.63, 3.8) is 0 Å². The lowest BCUT2D eigenvalue weighted by atomic mass is 9.76. The zero-order valence-corrected chi connectivity index (χ0v) is 20.0. The molecule has 1 atom stereocenters. The molecule has 0 aliphatic carbocycles. The summed E-state index contributed by atoms with van der Waals surface area (Å²) in [6.07, 6.45) is 7.37. The second-order valence-corrected chi connectivity index (χ2v) is 9.44. The van der Waals surface area contributed by atoms with E-state index in [1.807, 2.05) is 24.6 Å². The van der Waals surface area contributed by atoms with Crippen molar-refractivity contribution in [1.29, 1.82) is 0 Å². The smallest absolute Gasteiger partial charge is 0.318 e. The lowest BCUT2D eigenvalue weighted by Gasteiger charge is -2.45. The van der Waals surface area contributed by atoms with Crippen LogP contribution in [0.2, 0.25) is 0 Å². The van der Waals surface area contributed by atoms with Crippen LogP contribution in [0.1, 0.15) is 42.6 Å². The van der Waals surface area contributed by atoms with Crippen molar-refractivity contribution in [3.05, 3.63) is 59.6 Å². The standard InChI is InChI=1S/C26H28FN7O/c1-3-35-26-30-16(2)23-25(32-26)34(24(31-23)19-10-20(27)13-28-11-19)14-21-5-4-18(12-29-21)22-15-33-8-6-17(22)7-9-33/h4-5,10-13,17,22H,3,6-9,14-15H2,1-2H3. The van der Waals surface area contributed by atoms with E-state index in [4.69, 9.17) is 14.7 Å². The molecular formula is C26H28FN7O. The third-order valence-electron chi connectivity index (χ3n) is 7.24. The number of aromatic nitrogens is 6. The highest BCUT2D eigenvalue weighted by Gasteiger charge is 2.35. The van der Waals surface area contributed by atoms with Crippen LogP contribution in [0.25, 0.3) is 22.6 Å². The van der Waals surface area contributed by atoms with Crippen LogP contribution in [0.4, 0.5) is 4.39 Å². The van der Waals surface area contributed by atoms with Gasteiger partial charge in [0.15, 0.2) is 5.65 Å². The highest BCUT2D eigenvalue weighted by atomic mass is 19.1. The molecule has 0 amide bonds. The minimum Gasteiger partial charge on any atom is -0.464 e. The van der Waals surface area contributed by atoms with Gasteiger partial charge in [0.25, 0.3) is 0 Å². The minimum atomic E-state index is -0.418.